The average molecular weight is 492 g/mol. The highest BCUT2D eigenvalue weighted by Crippen LogP contribution is 2.25. The van der Waals surface area contributed by atoms with Gasteiger partial charge in [-0.3, -0.25) is 14.5 Å². The Morgan fingerprint density at radius 2 is 1.80 bits per heavy atom. The molecule has 0 bridgehead atoms. The molecule has 3 aromatic rings. The molecule has 2 amide bonds. The summed E-state index contributed by atoms with van der Waals surface area (Å²) in [7, 11) is 1.30. The maximum absolute atomic E-state index is 13.4. The van der Waals surface area contributed by atoms with Gasteiger partial charge in [-0.25, -0.2) is 4.79 Å². The maximum Gasteiger partial charge on any atom is 0.337 e. The molecule has 0 aliphatic carbocycles. The molecule has 9 heteroatoms. The minimum atomic E-state index is -0.752. The first-order valence-electron chi connectivity index (χ1n) is 11.1. The van der Waals surface area contributed by atoms with E-state index in [1.54, 1.807) is 52.5 Å². The lowest BCUT2D eigenvalue weighted by Gasteiger charge is -2.22. The van der Waals surface area contributed by atoms with E-state index in [-0.39, 0.29) is 24.8 Å². The maximum atomic E-state index is 13.4. The van der Waals surface area contributed by atoms with Gasteiger partial charge in [0.05, 0.1) is 31.9 Å². The van der Waals surface area contributed by atoms with Crippen molar-refractivity contribution in [3.63, 3.8) is 0 Å². The number of esters is 1. The number of carbonyl (C=O) groups is 3. The molecule has 1 unspecified atom stereocenters. The van der Waals surface area contributed by atoms with Gasteiger partial charge in [-0.1, -0.05) is 30.3 Å². The van der Waals surface area contributed by atoms with Gasteiger partial charge < -0.3 is 19.4 Å². The van der Waals surface area contributed by atoms with Crippen LogP contribution < -0.4 is 5.32 Å². The number of hydrogen-bond donors (Lipinski definition) is 1. The normalized spacial score (nSPS) is 15.4. The van der Waals surface area contributed by atoms with Gasteiger partial charge in [0.2, 0.25) is 5.91 Å². The number of anilines is 1. The Bertz CT molecular complexity index is 1200. The van der Waals surface area contributed by atoms with Crippen molar-refractivity contribution >= 4 is 40.8 Å². The first-order chi connectivity index (χ1) is 17.0. The molecular weight excluding hydrogens is 466 g/mol. The fourth-order valence-corrected chi connectivity index (χ4v) is 4.30. The molecule has 1 atom stereocenters. The summed E-state index contributed by atoms with van der Waals surface area (Å²) in [6, 6.07) is 19.0. The third-order valence-corrected chi connectivity index (χ3v) is 6.20. The Labute approximate surface area is 208 Å². The SMILES string of the molecule is COC(=O)c1ccc(NC(=O)CC2C(=O)N(CCc3ccccc3)C(=S)N2Cc2ccco2)cc1. The van der Waals surface area contributed by atoms with Crippen molar-refractivity contribution in [1.82, 2.24) is 9.80 Å². The Morgan fingerprint density at radius 1 is 1.06 bits per heavy atom. The van der Waals surface area contributed by atoms with E-state index in [2.05, 4.69) is 10.1 Å². The van der Waals surface area contributed by atoms with Crippen molar-refractivity contribution < 1.29 is 23.5 Å². The quantitative estimate of drug-likeness (QED) is 0.361. The molecule has 1 fully saturated rings. The van der Waals surface area contributed by atoms with Gasteiger partial charge in [-0.2, -0.15) is 0 Å². The fraction of sp³-hybridized carbons (Fsp3) is 0.231. The Hall–Kier alpha value is -3.98. The minimum Gasteiger partial charge on any atom is -0.467 e. The van der Waals surface area contributed by atoms with Gasteiger partial charge in [0.1, 0.15) is 11.8 Å². The van der Waals surface area contributed by atoms with Crippen molar-refractivity contribution in [2.24, 2.45) is 0 Å². The molecule has 1 aliphatic heterocycles. The lowest BCUT2D eigenvalue weighted by Crippen LogP contribution is -2.37. The molecule has 2 heterocycles. The van der Waals surface area contributed by atoms with Gasteiger partial charge >= 0.3 is 5.97 Å². The highest BCUT2D eigenvalue weighted by Gasteiger charge is 2.43. The summed E-state index contributed by atoms with van der Waals surface area (Å²) in [5, 5.41) is 3.16. The van der Waals surface area contributed by atoms with Gasteiger partial charge in [0, 0.05) is 12.2 Å². The number of ether oxygens (including phenoxy) is 1. The standard InChI is InChI=1S/C26H25N3O5S/c1-33-25(32)19-9-11-20(12-10-19)27-23(30)16-22-24(31)28(14-13-18-6-3-2-4-7-18)26(35)29(22)17-21-8-5-15-34-21/h2-12,15,22H,13-14,16-17H2,1H3,(H,27,30). The number of nitrogens with one attached hydrogen (secondary N) is 1. The van der Waals surface area contributed by atoms with E-state index < -0.39 is 12.0 Å². The zero-order valence-corrected chi connectivity index (χ0v) is 20.0. The zero-order chi connectivity index (χ0) is 24.8. The van der Waals surface area contributed by atoms with Crippen LogP contribution in [0.4, 0.5) is 5.69 Å². The predicted molar refractivity (Wildman–Crippen MR) is 134 cm³/mol. The number of nitrogens with zero attached hydrogens (tertiary/aromatic N) is 2. The summed E-state index contributed by atoms with van der Waals surface area (Å²) >= 11 is 5.65. The lowest BCUT2D eigenvalue weighted by molar-refractivity contribution is -0.130. The van der Waals surface area contributed by atoms with Crippen molar-refractivity contribution in [3.05, 3.63) is 89.9 Å². The number of carbonyl (C=O) groups excluding carboxylic acids is 3. The molecule has 1 saturated heterocycles. The predicted octanol–water partition coefficient (Wildman–Crippen LogP) is 3.64. The summed E-state index contributed by atoms with van der Waals surface area (Å²) in [4.78, 5) is 41.1. The third-order valence-electron chi connectivity index (χ3n) is 5.75. The number of rotatable bonds is 9. The zero-order valence-electron chi connectivity index (χ0n) is 19.2. The Morgan fingerprint density at radius 3 is 2.46 bits per heavy atom. The van der Waals surface area contributed by atoms with E-state index >= 15 is 0 Å². The number of benzene rings is 2. The number of hydrogen-bond acceptors (Lipinski definition) is 6. The van der Waals surface area contributed by atoms with Crippen LogP contribution in [0.5, 0.6) is 0 Å². The second kappa shape index (κ2) is 11.0. The number of furan rings is 1. The van der Waals surface area contributed by atoms with Crippen LogP contribution in [0, 0.1) is 0 Å². The van der Waals surface area contributed by atoms with Crippen LogP contribution in [-0.4, -0.2) is 52.4 Å². The van der Waals surface area contributed by atoms with Crippen LogP contribution >= 0.6 is 12.2 Å². The smallest absolute Gasteiger partial charge is 0.337 e. The molecule has 0 spiro atoms. The van der Waals surface area contributed by atoms with Crippen LogP contribution in [0.15, 0.2) is 77.4 Å². The van der Waals surface area contributed by atoms with Gasteiger partial charge in [0.25, 0.3) is 5.91 Å². The molecule has 1 aromatic heterocycles. The Balaban J connectivity index is 1.46. The molecule has 8 nitrogen and oxygen atoms in total. The third kappa shape index (κ3) is 5.75. The van der Waals surface area contributed by atoms with E-state index in [1.807, 2.05) is 30.3 Å². The molecule has 0 radical (unpaired) electrons. The molecule has 0 saturated carbocycles. The highest BCUT2D eigenvalue weighted by molar-refractivity contribution is 7.80. The first-order valence-corrected chi connectivity index (χ1v) is 11.5. The van der Waals surface area contributed by atoms with E-state index in [9.17, 15) is 14.4 Å². The average Bonchev–Trinajstić information content (AvgIpc) is 3.46. The van der Waals surface area contributed by atoms with Crippen molar-refractivity contribution in [2.75, 3.05) is 19.0 Å². The molecule has 2 aromatic carbocycles. The summed E-state index contributed by atoms with van der Waals surface area (Å²) in [5.74, 6) is -0.369. The topological polar surface area (TPSA) is 92.1 Å². The van der Waals surface area contributed by atoms with Gasteiger partial charge in [-0.05, 0) is 60.6 Å². The van der Waals surface area contributed by atoms with Crippen LogP contribution in [-0.2, 0) is 27.3 Å². The number of amides is 2. The second-order valence-electron chi connectivity index (χ2n) is 8.05. The fourth-order valence-electron chi connectivity index (χ4n) is 3.93. The van der Waals surface area contributed by atoms with Crippen LogP contribution in [0.25, 0.3) is 0 Å². The summed E-state index contributed by atoms with van der Waals surface area (Å²) < 4.78 is 10.1. The van der Waals surface area contributed by atoms with E-state index in [0.717, 1.165) is 5.56 Å². The summed E-state index contributed by atoms with van der Waals surface area (Å²) in [6.07, 6.45) is 2.12. The lowest BCUT2D eigenvalue weighted by atomic mass is 10.1. The van der Waals surface area contributed by atoms with E-state index in [0.29, 0.717) is 35.1 Å². The van der Waals surface area contributed by atoms with Crippen LogP contribution in [0.3, 0.4) is 0 Å². The monoisotopic (exact) mass is 491 g/mol. The molecule has 4 rings (SSSR count). The summed E-state index contributed by atoms with van der Waals surface area (Å²) in [5.41, 5.74) is 1.98. The molecular formula is C26H25N3O5S. The summed E-state index contributed by atoms with van der Waals surface area (Å²) in [6.45, 7) is 0.703. The van der Waals surface area contributed by atoms with E-state index in [1.165, 1.54) is 7.11 Å². The van der Waals surface area contributed by atoms with E-state index in [4.69, 9.17) is 16.6 Å². The molecule has 1 aliphatic rings. The first kappa shape index (κ1) is 24.2. The number of methoxy groups -OCH3 is 1. The molecule has 180 valence electrons. The second-order valence-corrected chi connectivity index (χ2v) is 8.42. The largest absolute Gasteiger partial charge is 0.467 e. The van der Waals surface area contributed by atoms with Crippen molar-refractivity contribution in [2.45, 2.75) is 25.4 Å². The highest BCUT2D eigenvalue weighted by atomic mass is 32.1. The minimum absolute atomic E-state index is 0.0831. The van der Waals surface area contributed by atoms with Gasteiger partial charge in [0.15, 0.2) is 5.11 Å². The van der Waals surface area contributed by atoms with Crippen molar-refractivity contribution in [3.8, 4) is 0 Å². The van der Waals surface area contributed by atoms with Crippen molar-refractivity contribution in [1.29, 1.82) is 0 Å². The number of thiocarbonyl (C=S) groups is 1. The Kier molecular flexibility index (Phi) is 7.57. The van der Waals surface area contributed by atoms with Gasteiger partial charge in [-0.15, -0.1) is 0 Å². The molecule has 35 heavy (non-hydrogen) atoms. The van der Waals surface area contributed by atoms with Crippen LogP contribution in [0.2, 0.25) is 0 Å². The van der Waals surface area contributed by atoms with Crippen LogP contribution in [0.1, 0.15) is 28.1 Å². The molecule has 1 N–H and O–H groups in total.